The van der Waals surface area contributed by atoms with Gasteiger partial charge in [-0.2, -0.15) is 0 Å². The lowest BCUT2D eigenvalue weighted by Gasteiger charge is -2.72. The molecule has 6 rings (SSSR count). The first-order valence-corrected chi connectivity index (χ1v) is 21.4. The van der Waals surface area contributed by atoms with Crippen LogP contribution in [0.4, 0.5) is 0 Å². The van der Waals surface area contributed by atoms with Gasteiger partial charge in [0.15, 0.2) is 5.78 Å². The summed E-state index contributed by atoms with van der Waals surface area (Å²) >= 11 is 6.17. The number of carbonyl (C=O) groups is 3. The Bertz CT molecular complexity index is 1680. The molecule has 8 nitrogen and oxygen atoms in total. The van der Waals surface area contributed by atoms with Crippen molar-refractivity contribution in [2.24, 2.45) is 56.2 Å². The van der Waals surface area contributed by atoms with Crippen LogP contribution in [0.3, 0.4) is 0 Å². The number of rotatable bonds is 12. The van der Waals surface area contributed by atoms with Crippen LogP contribution < -0.4 is 0 Å². The zero-order valence-corrected chi connectivity index (χ0v) is 35.7. The summed E-state index contributed by atoms with van der Waals surface area (Å²) in [6.45, 7) is 20.9. The van der Waals surface area contributed by atoms with Gasteiger partial charge in [-0.05, 0) is 128 Å². The summed E-state index contributed by atoms with van der Waals surface area (Å²) in [4.78, 5) is 41.2. The standard InChI is InChI=1S/C46H68ClNO7/c1-28(2)38-32(50)24-46(35(51)27-48(22-23-49)26-29-10-12-30(47)13-11-29)21-20-44(8)31(39(38)46)14-15-34-43(7)18-17-36(55-37(52)25-41(3,4)40(53)54)42(5,6)33(43)16-19-45(34,44)9/h10-13,28,31,33-36,49,51H,14-27H2,1-9H3,(H,53,54)/t31-,33+,34-,35+,36+,43+,44-,45-,46+/m1/s1. The van der Waals surface area contributed by atoms with E-state index in [1.807, 2.05) is 24.3 Å². The maximum atomic E-state index is 14.2. The Morgan fingerprint density at radius 1 is 0.945 bits per heavy atom. The number of ketones is 1. The van der Waals surface area contributed by atoms with Gasteiger partial charge in [0.2, 0.25) is 0 Å². The summed E-state index contributed by atoms with van der Waals surface area (Å²) in [6, 6.07) is 7.72. The van der Waals surface area contributed by atoms with Gasteiger partial charge in [0.05, 0.1) is 24.5 Å². The molecular weight excluding hydrogens is 714 g/mol. The van der Waals surface area contributed by atoms with Crippen LogP contribution in [0.25, 0.3) is 0 Å². The van der Waals surface area contributed by atoms with E-state index in [0.717, 1.165) is 62.5 Å². The SMILES string of the molecule is CC(C)C1=C2[C@H]3CC[C@@H]4[C@@]5(C)CC[C@H](OC(=O)CC(C)(C)C(=O)O)C(C)(C)[C@@H]5CC[C@@]4(C)[C@]3(C)CC[C@@]2([C@@H](O)CN(CCO)Cc2ccc(Cl)cc2)CC1=O. The number of aliphatic hydroxyl groups excluding tert-OH is 2. The first kappa shape index (κ1) is 42.3. The number of ether oxygens (including phenoxy) is 1. The lowest BCUT2D eigenvalue weighted by atomic mass is 9.33. The summed E-state index contributed by atoms with van der Waals surface area (Å²) in [5.74, 6) is -0.158. The molecule has 0 heterocycles. The monoisotopic (exact) mass is 781 g/mol. The van der Waals surface area contributed by atoms with Crippen molar-refractivity contribution in [2.75, 3.05) is 19.7 Å². The Morgan fingerprint density at radius 3 is 2.24 bits per heavy atom. The van der Waals surface area contributed by atoms with Crippen molar-refractivity contribution in [2.45, 2.75) is 145 Å². The molecule has 5 aliphatic carbocycles. The number of allylic oxidation sites excluding steroid dienone is 1. The number of carboxylic acids is 1. The van der Waals surface area contributed by atoms with Crippen molar-refractivity contribution in [3.8, 4) is 0 Å². The minimum absolute atomic E-state index is 0.0155. The molecule has 0 bridgehead atoms. The number of aliphatic carboxylic acids is 1. The van der Waals surface area contributed by atoms with Gasteiger partial charge in [-0.3, -0.25) is 19.3 Å². The second-order valence-electron chi connectivity index (χ2n) is 20.7. The Labute approximate surface area is 334 Å². The van der Waals surface area contributed by atoms with E-state index in [4.69, 9.17) is 16.3 Å². The molecule has 55 heavy (non-hydrogen) atoms. The summed E-state index contributed by atoms with van der Waals surface area (Å²) in [5, 5.41) is 32.8. The zero-order valence-electron chi connectivity index (χ0n) is 35.0. The Morgan fingerprint density at radius 2 is 1.62 bits per heavy atom. The normalized spacial score (nSPS) is 36.2. The quantitative estimate of drug-likeness (QED) is 0.180. The number of nitrogens with zero attached hydrogens (tertiary/aromatic N) is 1. The van der Waals surface area contributed by atoms with Gasteiger partial charge in [0, 0.05) is 41.9 Å². The molecule has 1 aromatic carbocycles. The molecule has 0 saturated heterocycles. The maximum Gasteiger partial charge on any atom is 0.309 e. The van der Waals surface area contributed by atoms with Crippen molar-refractivity contribution >= 4 is 29.3 Å². The van der Waals surface area contributed by atoms with E-state index in [-0.39, 0.29) is 58.4 Å². The van der Waals surface area contributed by atoms with Gasteiger partial charge in [-0.25, -0.2) is 0 Å². The molecule has 9 atom stereocenters. The number of esters is 1. The molecule has 0 unspecified atom stereocenters. The fourth-order valence-electron chi connectivity index (χ4n) is 13.6. The molecule has 4 saturated carbocycles. The third kappa shape index (κ3) is 6.95. The number of aliphatic hydroxyl groups is 2. The first-order chi connectivity index (χ1) is 25.6. The molecule has 1 aromatic rings. The van der Waals surface area contributed by atoms with Gasteiger partial charge < -0.3 is 20.1 Å². The van der Waals surface area contributed by atoms with Crippen LogP contribution in [0.1, 0.15) is 132 Å². The molecule has 0 aliphatic heterocycles. The molecule has 9 heteroatoms. The summed E-state index contributed by atoms with van der Waals surface area (Å²) in [5.41, 5.74) is 1.20. The summed E-state index contributed by atoms with van der Waals surface area (Å²) < 4.78 is 6.17. The van der Waals surface area contributed by atoms with Gasteiger partial charge in [0.25, 0.3) is 0 Å². The highest BCUT2D eigenvalue weighted by atomic mass is 35.5. The highest BCUT2D eigenvalue weighted by Gasteiger charge is 2.71. The molecular formula is C46H68ClNO7. The number of carboxylic acid groups (broad SMARTS) is 1. The minimum Gasteiger partial charge on any atom is -0.481 e. The van der Waals surface area contributed by atoms with Crippen molar-refractivity contribution in [3.63, 3.8) is 0 Å². The van der Waals surface area contributed by atoms with Crippen LogP contribution in [0.15, 0.2) is 35.4 Å². The smallest absolute Gasteiger partial charge is 0.309 e. The third-order valence-electron chi connectivity index (χ3n) is 16.7. The third-order valence-corrected chi connectivity index (χ3v) is 16.9. The molecule has 0 radical (unpaired) electrons. The van der Waals surface area contributed by atoms with Gasteiger partial charge in [-0.15, -0.1) is 0 Å². The van der Waals surface area contributed by atoms with E-state index in [0.29, 0.717) is 42.9 Å². The Kier molecular flexibility index (Phi) is 11.4. The van der Waals surface area contributed by atoms with Gasteiger partial charge in [-0.1, -0.05) is 77.8 Å². The predicted molar refractivity (Wildman–Crippen MR) is 215 cm³/mol. The molecule has 306 valence electrons. The molecule has 4 fully saturated rings. The second kappa shape index (κ2) is 14.8. The lowest BCUT2D eigenvalue weighted by molar-refractivity contribution is -0.235. The van der Waals surface area contributed by atoms with Crippen LogP contribution in [-0.4, -0.2) is 69.8 Å². The number of Topliss-reactive ketones (excluding diaryl/α,β-unsaturated/α-hetero) is 1. The number of benzene rings is 1. The summed E-state index contributed by atoms with van der Waals surface area (Å²) in [7, 11) is 0. The number of halogens is 1. The van der Waals surface area contributed by atoms with E-state index in [2.05, 4.69) is 53.4 Å². The van der Waals surface area contributed by atoms with E-state index in [1.54, 1.807) is 13.8 Å². The largest absolute Gasteiger partial charge is 0.481 e. The number of fused-ring (bicyclic) bond motifs is 7. The fraction of sp³-hybridized carbons (Fsp3) is 0.761. The van der Waals surface area contributed by atoms with E-state index in [9.17, 15) is 29.7 Å². The highest BCUT2D eigenvalue weighted by molar-refractivity contribution is 6.30. The number of hydrogen-bond acceptors (Lipinski definition) is 7. The first-order valence-electron chi connectivity index (χ1n) is 21.0. The highest BCUT2D eigenvalue weighted by Crippen LogP contribution is 2.77. The van der Waals surface area contributed by atoms with Crippen molar-refractivity contribution in [3.05, 3.63) is 46.0 Å². The molecule has 3 N–H and O–H groups in total. The zero-order chi connectivity index (χ0) is 40.5. The molecule has 0 aromatic heterocycles. The minimum atomic E-state index is -1.18. The maximum absolute atomic E-state index is 14.2. The van der Waals surface area contributed by atoms with Crippen molar-refractivity contribution in [1.29, 1.82) is 0 Å². The molecule has 0 spiro atoms. The lowest BCUT2D eigenvalue weighted by Crippen LogP contribution is -2.66. The molecule has 0 amide bonds. The van der Waals surface area contributed by atoms with Crippen molar-refractivity contribution < 1.29 is 34.4 Å². The van der Waals surface area contributed by atoms with Gasteiger partial charge in [0.1, 0.15) is 6.10 Å². The van der Waals surface area contributed by atoms with Gasteiger partial charge >= 0.3 is 11.9 Å². The van der Waals surface area contributed by atoms with Crippen LogP contribution >= 0.6 is 11.6 Å². The second-order valence-corrected chi connectivity index (χ2v) is 21.1. The Hall–Kier alpha value is -2.26. The fourth-order valence-corrected chi connectivity index (χ4v) is 13.7. The van der Waals surface area contributed by atoms with Crippen molar-refractivity contribution in [1.82, 2.24) is 4.90 Å². The number of carbonyl (C=O) groups excluding carboxylic acids is 2. The van der Waals surface area contributed by atoms with Crippen LogP contribution in [-0.2, 0) is 25.7 Å². The summed E-state index contributed by atoms with van der Waals surface area (Å²) in [6.07, 6.45) is 6.76. The van der Waals surface area contributed by atoms with E-state index < -0.39 is 28.9 Å². The molecule has 5 aliphatic rings. The topological polar surface area (TPSA) is 124 Å². The predicted octanol–water partition coefficient (Wildman–Crippen LogP) is 8.89. The Balaban J connectivity index is 1.28. The van der Waals surface area contributed by atoms with Crippen LogP contribution in [0.2, 0.25) is 5.02 Å². The van der Waals surface area contributed by atoms with E-state index >= 15 is 0 Å². The number of hydrogen-bond donors (Lipinski definition) is 3. The van der Waals surface area contributed by atoms with Crippen LogP contribution in [0.5, 0.6) is 0 Å². The van der Waals surface area contributed by atoms with Crippen LogP contribution in [0, 0.1) is 56.2 Å². The average Bonchev–Trinajstić information content (AvgIpc) is 3.40. The average molecular weight is 783 g/mol. The van der Waals surface area contributed by atoms with E-state index in [1.165, 1.54) is 5.57 Å².